The van der Waals surface area contributed by atoms with E-state index in [1.54, 1.807) is 0 Å². The lowest BCUT2D eigenvalue weighted by molar-refractivity contribution is 0.919. The number of hydrogen-bond donors (Lipinski definition) is 1. The highest BCUT2D eigenvalue weighted by Gasteiger charge is 2.05. The third-order valence-corrected chi connectivity index (χ3v) is 3.51. The van der Waals surface area contributed by atoms with Crippen LogP contribution in [0.15, 0.2) is 42.5 Å². The topological polar surface area (TPSA) is 29.3 Å². The first-order valence-corrected chi connectivity index (χ1v) is 7.05. The Morgan fingerprint density at radius 2 is 1.75 bits per heavy atom. The second-order valence-corrected chi connectivity index (χ2v) is 5.71. The van der Waals surface area contributed by atoms with E-state index in [0.717, 1.165) is 17.8 Å². The first kappa shape index (κ1) is 14.5. The molecule has 2 nitrogen and oxygen atoms in total. The molecule has 0 aromatic heterocycles. The zero-order chi connectivity index (χ0) is 14.7. The van der Waals surface area contributed by atoms with Crippen molar-refractivity contribution >= 4 is 22.9 Å². The van der Waals surface area contributed by atoms with Crippen molar-refractivity contribution in [3.63, 3.8) is 0 Å². The molecule has 0 heterocycles. The zero-order valence-corrected chi connectivity index (χ0v) is 13.0. The third kappa shape index (κ3) is 3.58. The van der Waals surface area contributed by atoms with Crippen LogP contribution >= 0.6 is 12.2 Å². The summed E-state index contributed by atoms with van der Waals surface area (Å²) < 4.78 is 0. The first-order valence-electron chi connectivity index (χ1n) is 6.64. The maximum Gasteiger partial charge on any atom is 0.104 e. The Bertz CT molecular complexity index is 614. The SMILES string of the molecule is Cc1cc(C)cc(CN(C)c2cccc(C(N)=S)c2)c1. The number of rotatable bonds is 4. The average Bonchev–Trinajstić information content (AvgIpc) is 2.37. The van der Waals surface area contributed by atoms with Gasteiger partial charge in [-0.05, 0) is 31.5 Å². The van der Waals surface area contributed by atoms with Gasteiger partial charge in [0.1, 0.15) is 4.99 Å². The molecule has 2 rings (SSSR count). The van der Waals surface area contributed by atoms with Gasteiger partial charge in [-0.25, -0.2) is 0 Å². The first-order chi connectivity index (χ1) is 9.45. The molecule has 2 aromatic rings. The second-order valence-electron chi connectivity index (χ2n) is 5.27. The van der Waals surface area contributed by atoms with Crippen LogP contribution in [0.4, 0.5) is 5.69 Å². The molecule has 0 aliphatic carbocycles. The number of thiocarbonyl (C=S) groups is 1. The Morgan fingerprint density at radius 1 is 1.10 bits per heavy atom. The normalized spacial score (nSPS) is 10.3. The molecule has 0 bridgehead atoms. The molecular weight excluding hydrogens is 264 g/mol. The molecule has 0 saturated heterocycles. The minimum Gasteiger partial charge on any atom is -0.389 e. The Hall–Kier alpha value is -1.87. The molecule has 3 heteroatoms. The van der Waals surface area contributed by atoms with E-state index in [1.165, 1.54) is 16.7 Å². The highest BCUT2D eigenvalue weighted by Crippen LogP contribution is 2.18. The molecule has 0 aliphatic heterocycles. The summed E-state index contributed by atoms with van der Waals surface area (Å²) in [5, 5.41) is 0. The fraction of sp³-hybridized carbons (Fsp3) is 0.235. The fourth-order valence-electron chi connectivity index (χ4n) is 2.42. The molecule has 0 amide bonds. The van der Waals surface area contributed by atoms with E-state index in [4.69, 9.17) is 18.0 Å². The number of hydrogen-bond acceptors (Lipinski definition) is 2. The van der Waals surface area contributed by atoms with E-state index < -0.39 is 0 Å². The molecule has 104 valence electrons. The number of nitrogens with zero attached hydrogens (tertiary/aromatic N) is 1. The van der Waals surface area contributed by atoms with Crippen LogP contribution in [-0.4, -0.2) is 12.0 Å². The van der Waals surface area contributed by atoms with Crippen LogP contribution in [0.1, 0.15) is 22.3 Å². The van der Waals surface area contributed by atoms with Crippen LogP contribution in [0.2, 0.25) is 0 Å². The second kappa shape index (κ2) is 6.06. The van der Waals surface area contributed by atoms with Crippen LogP contribution < -0.4 is 10.6 Å². The van der Waals surface area contributed by atoms with Crippen molar-refractivity contribution in [1.82, 2.24) is 0 Å². The van der Waals surface area contributed by atoms with Gasteiger partial charge >= 0.3 is 0 Å². The van der Waals surface area contributed by atoms with Crippen LogP contribution in [0.25, 0.3) is 0 Å². The van der Waals surface area contributed by atoms with E-state index in [-0.39, 0.29) is 0 Å². The van der Waals surface area contributed by atoms with Gasteiger partial charge in [0.2, 0.25) is 0 Å². The highest BCUT2D eigenvalue weighted by atomic mass is 32.1. The van der Waals surface area contributed by atoms with Crippen LogP contribution in [-0.2, 0) is 6.54 Å². The molecule has 0 saturated carbocycles. The molecule has 2 aromatic carbocycles. The fourth-order valence-corrected chi connectivity index (χ4v) is 2.55. The van der Waals surface area contributed by atoms with Crippen LogP contribution in [0.5, 0.6) is 0 Å². The standard InChI is InChI=1S/C17H20N2S/c1-12-7-13(2)9-14(8-12)11-19(3)16-6-4-5-15(10-16)17(18)20/h4-10H,11H2,1-3H3,(H2,18,20). The summed E-state index contributed by atoms with van der Waals surface area (Å²) in [4.78, 5) is 2.64. The average molecular weight is 284 g/mol. The Labute approximate surface area is 126 Å². The molecule has 0 atom stereocenters. The third-order valence-electron chi connectivity index (χ3n) is 3.27. The van der Waals surface area contributed by atoms with E-state index in [0.29, 0.717) is 4.99 Å². The summed E-state index contributed by atoms with van der Waals surface area (Å²) >= 11 is 5.03. The number of aryl methyl sites for hydroxylation is 2. The Kier molecular flexibility index (Phi) is 4.40. The predicted octanol–water partition coefficient (Wildman–Crippen LogP) is 3.57. The highest BCUT2D eigenvalue weighted by molar-refractivity contribution is 7.80. The quantitative estimate of drug-likeness (QED) is 0.870. The molecular formula is C17H20N2S. The summed E-state index contributed by atoms with van der Waals surface area (Å²) in [5.74, 6) is 0. The van der Waals surface area contributed by atoms with Gasteiger partial charge in [0, 0.05) is 24.8 Å². The van der Waals surface area contributed by atoms with Crippen molar-refractivity contribution in [2.75, 3.05) is 11.9 Å². The molecule has 0 fully saturated rings. The van der Waals surface area contributed by atoms with Crippen molar-refractivity contribution in [2.24, 2.45) is 5.73 Å². The van der Waals surface area contributed by atoms with Crippen molar-refractivity contribution in [2.45, 2.75) is 20.4 Å². The summed E-state index contributed by atoms with van der Waals surface area (Å²) in [5.41, 5.74) is 11.6. The van der Waals surface area contributed by atoms with Crippen molar-refractivity contribution < 1.29 is 0 Å². The van der Waals surface area contributed by atoms with E-state index >= 15 is 0 Å². The number of nitrogens with two attached hydrogens (primary N) is 1. The smallest absolute Gasteiger partial charge is 0.104 e. The summed E-state index contributed by atoms with van der Waals surface area (Å²) in [6.45, 7) is 5.12. The van der Waals surface area contributed by atoms with Gasteiger partial charge in [-0.2, -0.15) is 0 Å². The molecule has 2 N–H and O–H groups in total. The summed E-state index contributed by atoms with van der Waals surface area (Å²) in [7, 11) is 2.08. The Morgan fingerprint density at radius 3 is 2.35 bits per heavy atom. The lowest BCUT2D eigenvalue weighted by Crippen LogP contribution is -2.17. The van der Waals surface area contributed by atoms with Crippen LogP contribution in [0, 0.1) is 13.8 Å². The number of benzene rings is 2. The van der Waals surface area contributed by atoms with Gasteiger partial charge in [0.25, 0.3) is 0 Å². The van der Waals surface area contributed by atoms with Crippen molar-refractivity contribution in [1.29, 1.82) is 0 Å². The van der Waals surface area contributed by atoms with Gasteiger partial charge in [-0.15, -0.1) is 0 Å². The number of anilines is 1. The van der Waals surface area contributed by atoms with Gasteiger partial charge in [-0.3, -0.25) is 0 Å². The van der Waals surface area contributed by atoms with E-state index in [9.17, 15) is 0 Å². The summed E-state index contributed by atoms with van der Waals surface area (Å²) in [6, 6.07) is 14.7. The molecule has 0 unspecified atom stereocenters. The maximum atomic E-state index is 5.69. The van der Waals surface area contributed by atoms with E-state index in [1.807, 2.05) is 18.2 Å². The monoisotopic (exact) mass is 284 g/mol. The lowest BCUT2D eigenvalue weighted by atomic mass is 10.1. The summed E-state index contributed by atoms with van der Waals surface area (Å²) in [6.07, 6.45) is 0. The van der Waals surface area contributed by atoms with E-state index in [2.05, 4.69) is 50.1 Å². The van der Waals surface area contributed by atoms with Gasteiger partial charge in [-0.1, -0.05) is 53.7 Å². The zero-order valence-electron chi connectivity index (χ0n) is 12.2. The molecule has 0 radical (unpaired) electrons. The van der Waals surface area contributed by atoms with Gasteiger partial charge in [0.05, 0.1) is 0 Å². The largest absolute Gasteiger partial charge is 0.389 e. The van der Waals surface area contributed by atoms with Crippen LogP contribution in [0.3, 0.4) is 0 Å². The molecule has 0 aliphatic rings. The van der Waals surface area contributed by atoms with Gasteiger partial charge < -0.3 is 10.6 Å². The van der Waals surface area contributed by atoms with Crippen molar-refractivity contribution in [3.05, 3.63) is 64.7 Å². The minimum atomic E-state index is 0.437. The lowest BCUT2D eigenvalue weighted by Gasteiger charge is -2.20. The molecule has 0 spiro atoms. The molecule has 20 heavy (non-hydrogen) atoms. The predicted molar refractivity (Wildman–Crippen MR) is 90.4 cm³/mol. The Balaban J connectivity index is 2.21. The minimum absolute atomic E-state index is 0.437. The maximum absolute atomic E-state index is 5.69. The van der Waals surface area contributed by atoms with Crippen molar-refractivity contribution in [3.8, 4) is 0 Å². The van der Waals surface area contributed by atoms with Gasteiger partial charge in [0.15, 0.2) is 0 Å².